The fourth-order valence-electron chi connectivity index (χ4n) is 12.8. The van der Waals surface area contributed by atoms with Crippen LogP contribution in [0.3, 0.4) is 0 Å². The van der Waals surface area contributed by atoms with Gasteiger partial charge in [0.05, 0.1) is 101 Å². The Hall–Kier alpha value is -6.13. The van der Waals surface area contributed by atoms with Crippen molar-refractivity contribution < 1.29 is 234 Å². The average Bonchev–Trinajstić information content (AvgIpc) is 0.754. The average molecular weight is 1610 g/mol. The van der Waals surface area contributed by atoms with E-state index in [4.69, 9.17) is 47.4 Å². The molecule has 0 aromatic rings. The van der Waals surface area contributed by atoms with Crippen LogP contribution in [0, 0.1) is 0 Å². The molecule has 0 spiro atoms. The smallest absolute Gasteiger partial charge is 0.364 e. The van der Waals surface area contributed by atoms with E-state index in [0.29, 0.717) is 0 Å². The zero-order valence-corrected chi connectivity index (χ0v) is 57.6. The van der Waals surface area contributed by atoms with Gasteiger partial charge in [-0.1, -0.05) is 0 Å². The molecule has 33 N–H and O–H groups in total. The maximum absolute atomic E-state index is 13.7. The standard InChI is InChI=1S/C58H95N5O47/c1-17(74)59-18(6-64)45(103-50-44(92)43(91)39(87)25(8-66)102-50)38(86)24(80)16-101-55(51(93)94)2-19(75)34(61-30(82)13-71)47(107-55)40(88)26(9-67)105-57(53(97)98)4-21(77)36(63-32(84)15-73)49(109-57)42(90)28(11-69)106-58(54(99)100)5-22(78)35(62-31(83)14-72)48(110-58)41(89)27(10-68)104-56(52(95)96)3-20(76)33(60-29(81)12-70)46(108-56)37(85)23(79)7-65/h18-28,33-50,64-73,75-80,85-92H,2-16H2,1H3,(H,59,74)(H,60,81)(H,61,82)(H,62,83)(H,63,84)(H,93,94)(H,95,96)(H,97,98)(H,99,100)/t18-,19-,20-,21-,22-,23+,24+,25+,26+,27+,28+,33+,34+,35+,36+,37+,38-,39-,40+,41+,42+,43-,44+,45+,46+,47+,48+,49+,50-,55+,56+,57+,58+/m0/s1. The fourth-order valence-corrected chi connectivity index (χ4v) is 12.8. The molecule has 5 rings (SSSR count). The Bertz CT molecular complexity index is 3060. The third kappa shape index (κ3) is 21.6. The Morgan fingerprint density at radius 1 is 0.418 bits per heavy atom. The van der Waals surface area contributed by atoms with Gasteiger partial charge in [0.2, 0.25) is 29.5 Å². The van der Waals surface area contributed by atoms with E-state index in [0.717, 1.165) is 6.92 Å². The molecule has 52 heteroatoms. The summed E-state index contributed by atoms with van der Waals surface area (Å²) in [5, 5.41) is 313. The highest BCUT2D eigenvalue weighted by Crippen LogP contribution is 2.43. The van der Waals surface area contributed by atoms with Crippen LogP contribution in [0.4, 0.5) is 0 Å². The molecule has 110 heavy (non-hydrogen) atoms. The normalized spacial score (nSPS) is 36.0. The molecule has 634 valence electrons. The van der Waals surface area contributed by atoms with Crippen LogP contribution in [0.15, 0.2) is 0 Å². The molecular formula is C58H95N5O47. The summed E-state index contributed by atoms with van der Waals surface area (Å²) >= 11 is 0. The summed E-state index contributed by atoms with van der Waals surface area (Å²) in [6, 6.07) is -10.8. The number of hydrogen-bond donors (Lipinski definition) is 33. The molecular weight excluding hydrogens is 1520 g/mol. The second-order valence-electron chi connectivity index (χ2n) is 26.0. The molecule has 5 fully saturated rings. The Labute approximate surface area is 617 Å². The topological polar surface area (TPSA) is 873 Å². The summed E-state index contributed by atoms with van der Waals surface area (Å²) in [6.45, 7) is -15.3. The highest BCUT2D eigenvalue weighted by molar-refractivity contribution is 5.81. The van der Waals surface area contributed by atoms with Gasteiger partial charge in [-0.3, -0.25) is 24.0 Å². The number of nitrogens with one attached hydrogen (secondary N) is 5. The van der Waals surface area contributed by atoms with Crippen molar-refractivity contribution in [3.05, 3.63) is 0 Å². The van der Waals surface area contributed by atoms with Gasteiger partial charge in [-0.15, -0.1) is 0 Å². The van der Waals surface area contributed by atoms with Crippen LogP contribution >= 0.6 is 0 Å². The van der Waals surface area contributed by atoms with Crippen LogP contribution in [0.5, 0.6) is 0 Å². The number of hydrogen-bond acceptors (Lipinski definition) is 43. The van der Waals surface area contributed by atoms with E-state index >= 15 is 0 Å². The quantitative estimate of drug-likeness (QED) is 0.0270. The second kappa shape index (κ2) is 40.7. The van der Waals surface area contributed by atoms with Crippen LogP contribution in [-0.4, -0.2) is 469 Å². The summed E-state index contributed by atoms with van der Waals surface area (Å²) in [6.07, 6.45) is -66.4. The minimum Gasteiger partial charge on any atom is -0.477 e. The molecule has 5 aliphatic rings. The molecule has 0 aromatic heterocycles. The van der Waals surface area contributed by atoms with Crippen molar-refractivity contribution in [2.45, 2.75) is 233 Å². The molecule has 5 aliphatic heterocycles. The third-order valence-corrected chi connectivity index (χ3v) is 18.5. The van der Waals surface area contributed by atoms with Crippen LogP contribution < -0.4 is 26.6 Å². The van der Waals surface area contributed by atoms with Crippen molar-refractivity contribution in [3.8, 4) is 0 Å². The molecule has 5 saturated heterocycles. The number of aliphatic hydroxyl groups excluding tert-OH is 24. The first-order chi connectivity index (χ1) is 51.5. The number of rotatable bonds is 41. The predicted octanol–water partition coefficient (Wildman–Crippen LogP) is -21.0. The maximum atomic E-state index is 13.7. The SMILES string of the molecule is CC(=O)N[C@@H](CO)[C@@H](O[C@@H]1O[C@H](CO)[C@H](O)[C@H](O)[C@H]1O)[C@@H](O)[C@H](O)CO[C@]1(C(=O)O)C[C@H](O)[C@@H](NC(=O)CO)[C@H]([C@H](O)[C@@H](CO)O[C@]2(C(=O)O)C[C@H](O)[C@@H](NC(=O)CO)[C@H]([C@H](O)[C@@H](CO)O[C@]3(C(=O)O)C[C@H](O)[C@@H](NC(=O)CO)[C@H]([C@H](O)[C@@H](CO)O[C@]4(C(=O)O)C[C@H](O)[C@@H](NC(=O)CO)[C@H]([C@H](O)[C@H](O)CO)O4)O3)O2)O1. The molecule has 52 nitrogen and oxygen atoms in total. The molecule has 0 aliphatic carbocycles. The first-order valence-electron chi connectivity index (χ1n) is 33.2. The number of carbonyl (C=O) groups is 9. The van der Waals surface area contributed by atoms with E-state index in [1.807, 2.05) is 21.3 Å². The molecule has 0 bridgehead atoms. The first kappa shape index (κ1) is 94.5. The lowest BCUT2D eigenvalue weighted by molar-refractivity contribution is -0.362. The molecule has 5 amide bonds. The number of amides is 5. The summed E-state index contributed by atoms with van der Waals surface area (Å²) in [4.78, 5) is 117. The molecule has 0 saturated carbocycles. The van der Waals surface area contributed by atoms with Crippen molar-refractivity contribution in [2.75, 3.05) is 72.7 Å². The summed E-state index contributed by atoms with van der Waals surface area (Å²) in [5.74, 6) is -31.0. The second-order valence-corrected chi connectivity index (χ2v) is 26.0. The van der Waals surface area contributed by atoms with E-state index in [-0.39, 0.29) is 0 Å². The van der Waals surface area contributed by atoms with Crippen LogP contribution in [0.1, 0.15) is 32.6 Å². The lowest BCUT2D eigenvalue weighted by Crippen LogP contribution is -2.72. The Kier molecular flexibility index (Phi) is 35.0. The lowest BCUT2D eigenvalue weighted by atomic mass is 9.86. The largest absolute Gasteiger partial charge is 0.477 e. The number of carboxylic acid groups (broad SMARTS) is 4. The Balaban J connectivity index is 1.55. The van der Waals surface area contributed by atoms with Gasteiger partial charge >= 0.3 is 23.9 Å². The maximum Gasteiger partial charge on any atom is 0.364 e. The van der Waals surface area contributed by atoms with Crippen molar-refractivity contribution in [1.82, 2.24) is 26.6 Å². The van der Waals surface area contributed by atoms with Crippen LogP contribution in [0.2, 0.25) is 0 Å². The van der Waals surface area contributed by atoms with E-state index in [2.05, 4.69) is 5.32 Å². The summed E-state index contributed by atoms with van der Waals surface area (Å²) < 4.78 is 55.6. The molecule has 0 aromatic carbocycles. The van der Waals surface area contributed by atoms with Gasteiger partial charge in [-0.2, -0.15) is 0 Å². The van der Waals surface area contributed by atoms with Crippen molar-refractivity contribution in [1.29, 1.82) is 0 Å². The Morgan fingerprint density at radius 3 is 1.02 bits per heavy atom. The minimum absolute atomic E-state index is 0.887. The van der Waals surface area contributed by atoms with Crippen LogP contribution in [0.25, 0.3) is 0 Å². The van der Waals surface area contributed by atoms with E-state index in [1.165, 1.54) is 0 Å². The minimum atomic E-state index is -3.80. The monoisotopic (exact) mass is 1610 g/mol. The third-order valence-electron chi connectivity index (χ3n) is 18.5. The highest BCUT2D eigenvalue weighted by atomic mass is 16.8. The van der Waals surface area contributed by atoms with Gasteiger partial charge in [-0.25, -0.2) is 19.2 Å². The van der Waals surface area contributed by atoms with Crippen molar-refractivity contribution in [2.24, 2.45) is 0 Å². The number of carboxylic acids is 4. The number of aliphatic hydroxyl groups is 24. The van der Waals surface area contributed by atoms with Crippen LogP contribution in [-0.2, 0) is 90.5 Å². The van der Waals surface area contributed by atoms with E-state index in [1.54, 1.807) is 0 Å². The zero-order valence-electron chi connectivity index (χ0n) is 57.6. The van der Waals surface area contributed by atoms with Gasteiger partial charge < -0.3 is 217 Å². The van der Waals surface area contributed by atoms with Crippen molar-refractivity contribution in [3.63, 3.8) is 0 Å². The Morgan fingerprint density at radius 2 is 0.736 bits per heavy atom. The summed E-state index contributed by atoms with van der Waals surface area (Å²) in [5.41, 5.74) is 0. The number of ether oxygens (including phenoxy) is 10. The lowest BCUT2D eigenvalue weighted by Gasteiger charge is -2.51. The predicted molar refractivity (Wildman–Crippen MR) is 334 cm³/mol. The van der Waals surface area contributed by atoms with Gasteiger partial charge in [-0.05, 0) is 0 Å². The molecule has 33 atom stereocenters. The van der Waals surface area contributed by atoms with Crippen molar-refractivity contribution >= 4 is 53.4 Å². The molecule has 0 radical (unpaired) electrons. The number of carbonyl (C=O) groups excluding carboxylic acids is 5. The number of aliphatic carboxylic acids is 4. The zero-order chi connectivity index (χ0) is 83.2. The molecule has 0 unspecified atom stereocenters. The van der Waals surface area contributed by atoms with E-state index in [9.17, 15) is 186 Å². The van der Waals surface area contributed by atoms with Gasteiger partial charge in [0, 0.05) is 32.6 Å². The van der Waals surface area contributed by atoms with Gasteiger partial charge in [0.25, 0.3) is 23.1 Å². The van der Waals surface area contributed by atoms with E-state index < -0.39 is 352 Å². The van der Waals surface area contributed by atoms with Gasteiger partial charge in [0.1, 0.15) is 142 Å². The summed E-state index contributed by atoms with van der Waals surface area (Å²) in [7, 11) is 0. The highest BCUT2D eigenvalue weighted by Gasteiger charge is 2.65. The molecule has 5 heterocycles. The fraction of sp³-hybridized carbons (Fsp3) is 0.845. The van der Waals surface area contributed by atoms with Gasteiger partial charge in [0.15, 0.2) is 6.29 Å². The first-order valence-corrected chi connectivity index (χ1v) is 33.2.